The minimum absolute atomic E-state index is 0.228. The van der Waals surface area contributed by atoms with Crippen molar-refractivity contribution in [2.75, 3.05) is 11.9 Å². The van der Waals surface area contributed by atoms with E-state index in [4.69, 9.17) is 11.6 Å². The number of hydrogen-bond donors (Lipinski definition) is 0. The summed E-state index contributed by atoms with van der Waals surface area (Å²) in [7, 11) is 1.72. The van der Waals surface area contributed by atoms with Crippen molar-refractivity contribution in [2.24, 2.45) is 0 Å². The van der Waals surface area contributed by atoms with Crippen molar-refractivity contribution in [1.29, 1.82) is 0 Å². The van der Waals surface area contributed by atoms with Gasteiger partial charge in [-0.1, -0.05) is 35.9 Å². The van der Waals surface area contributed by atoms with Crippen LogP contribution < -0.4 is 4.90 Å². The number of nitrogens with zero attached hydrogens (tertiary/aromatic N) is 3. The predicted octanol–water partition coefficient (Wildman–Crippen LogP) is 4.69. The summed E-state index contributed by atoms with van der Waals surface area (Å²) in [5, 5.41) is 0.495. The van der Waals surface area contributed by atoms with Gasteiger partial charge in [0, 0.05) is 29.5 Å². The summed E-state index contributed by atoms with van der Waals surface area (Å²) < 4.78 is 0. The Morgan fingerprint density at radius 3 is 2.56 bits per heavy atom. The molecule has 0 unspecified atom stereocenters. The Kier molecular flexibility index (Phi) is 4.81. The molecule has 0 aliphatic carbocycles. The first-order chi connectivity index (χ1) is 12.0. The van der Waals surface area contributed by atoms with E-state index in [-0.39, 0.29) is 5.91 Å². The van der Waals surface area contributed by atoms with Crippen LogP contribution in [-0.4, -0.2) is 22.9 Å². The van der Waals surface area contributed by atoms with Gasteiger partial charge in [0.25, 0.3) is 5.91 Å². The van der Waals surface area contributed by atoms with Crippen LogP contribution in [0.1, 0.15) is 21.7 Å². The molecule has 0 fully saturated rings. The first kappa shape index (κ1) is 17.1. The summed E-state index contributed by atoms with van der Waals surface area (Å²) in [5.74, 6) is -0.228. The third-order valence-corrected chi connectivity index (χ3v) is 4.26. The second-order valence-electron chi connectivity index (χ2n) is 5.88. The quantitative estimate of drug-likeness (QED) is 0.687. The number of amides is 1. The second kappa shape index (κ2) is 7.03. The topological polar surface area (TPSA) is 46.1 Å². The summed E-state index contributed by atoms with van der Waals surface area (Å²) in [4.78, 5) is 23.0. The molecule has 2 aromatic heterocycles. The number of anilines is 1. The average Bonchev–Trinajstić information content (AvgIpc) is 2.60. The SMILES string of the molecule is Cc1cc(Cl)cc(C(=O)N(C)c2cnccc2-c2ccccc2C)n1. The Morgan fingerprint density at radius 1 is 1.08 bits per heavy atom. The molecule has 1 aromatic carbocycles. The van der Waals surface area contributed by atoms with Crippen molar-refractivity contribution in [3.8, 4) is 11.1 Å². The van der Waals surface area contributed by atoms with Gasteiger partial charge in [0.05, 0.1) is 11.9 Å². The van der Waals surface area contributed by atoms with Crippen LogP contribution >= 0.6 is 11.6 Å². The average molecular weight is 352 g/mol. The zero-order valence-corrected chi connectivity index (χ0v) is 15.1. The molecule has 0 spiro atoms. The normalized spacial score (nSPS) is 10.6. The van der Waals surface area contributed by atoms with E-state index in [0.717, 1.165) is 22.4 Å². The van der Waals surface area contributed by atoms with Crippen LogP contribution in [0.4, 0.5) is 5.69 Å². The fourth-order valence-electron chi connectivity index (χ4n) is 2.77. The van der Waals surface area contributed by atoms with Crippen LogP contribution in [0.25, 0.3) is 11.1 Å². The van der Waals surface area contributed by atoms with Gasteiger partial charge in [-0.05, 0) is 43.2 Å². The summed E-state index contributed by atoms with van der Waals surface area (Å²) in [5.41, 5.74) is 4.88. The molecule has 25 heavy (non-hydrogen) atoms. The van der Waals surface area contributed by atoms with Crippen molar-refractivity contribution in [3.63, 3.8) is 0 Å². The minimum Gasteiger partial charge on any atom is -0.308 e. The molecular formula is C20H18ClN3O. The van der Waals surface area contributed by atoms with E-state index in [1.807, 2.05) is 44.2 Å². The molecule has 0 atom stereocenters. The second-order valence-corrected chi connectivity index (χ2v) is 6.32. The first-order valence-electron chi connectivity index (χ1n) is 7.89. The number of carbonyl (C=O) groups excluding carboxylic acids is 1. The molecule has 4 nitrogen and oxygen atoms in total. The maximum atomic E-state index is 12.9. The lowest BCUT2D eigenvalue weighted by Crippen LogP contribution is -2.28. The van der Waals surface area contributed by atoms with Crippen LogP contribution in [0, 0.1) is 13.8 Å². The molecule has 0 N–H and O–H groups in total. The van der Waals surface area contributed by atoms with Gasteiger partial charge in [-0.25, -0.2) is 4.98 Å². The fourth-order valence-corrected chi connectivity index (χ4v) is 3.03. The van der Waals surface area contributed by atoms with E-state index in [2.05, 4.69) is 9.97 Å². The van der Waals surface area contributed by atoms with Crippen molar-refractivity contribution >= 4 is 23.2 Å². The fraction of sp³-hybridized carbons (Fsp3) is 0.150. The number of halogens is 1. The van der Waals surface area contributed by atoms with Crippen LogP contribution in [0.5, 0.6) is 0 Å². The van der Waals surface area contributed by atoms with Gasteiger partial charge in [0.2, 0.25) is 0 Å². The zero-order chi connectivity index (χ0) is 18.0. The number of rotatable bonds is 3. The Labute approximate surface area is 152 Å². The monoisotopic (exact) mass is 351 g/mol. The molecule has 0 aliphatic rings. The Bertz CT molecular complexity index is 919. The van der Waals surface area contributed by atoms with E-state index in [1.165, 1.54) is 0 Å². The van der Waals surface area contributed by atoms with Gasteiger partial charge in [0.1, 0.15) is 5.69 Å². The molecule has 0 saturated heterocycles. The predicted molar refractivity (Wildman–Crippen MR) is 101 cm³/mol. The summed E-state index contributed by atoms with van der Waals surface area (Å²) >= 11 is 6.07. The molecule has 0 bridgehead atoms. The highest BCUT2D eigenvalue weighted by Crippen LogP contribution is 2.32. The summed E-state index contributed by atoms with van der Waals surface area (Å²) in [6.07, 6.45) is 3.42. The zero-order valence-electron chi connectivity index (χ0n) is 14.3. The van der Waals surface area contributed by atoms with E-state index in [0.29, 0.717) is 16.4 Å². The lowest BCUT2D eigenvalue weighted by atomic mass is 10.00. The van der Waals surface area contributed by atoms with E-state index in [1.54, 1.807) is 36.5 Å². The van der Waals surface area contributed by atoms with Gasteiger partial charge in [-0.15, -0.1) is 0 Å². The number of carbonyl (C=O) groups is 1. The van der Waals surface area contributed by atoms with Crippen molar-refractivity contribution in [1.82, 2.24) is 9.97 Å². The maximum absolute atomic E-state index is 12.9. The molecule has 3 aromatic rings. The number of aryl methyl sites for hydroxylation is 2. The van der Waals surface area contributed by atoms with Crippen LogP contribution in [-0.2, 0) is 0 Å². The number of benzene rings is 1. The van der Waals surface area contributed by atoms with Gasteiger partial charge in [0.15, 0.2) is 0 Å². The van der Waals surface area contributed by atoms with E-state index in [9.17, 15) is 4.79 Å². The highest BCUT2D eigenvalue weighted by atomic mass is 35.5. The molecule has 0 saturated carbocycles. The van der Waals surface area contributed by atoms with Crippen molar-refractivity contribution in [2.45, 2.75) is 13.8 Å². The van der Waals surface area contributed by atoms with Crippen LogP contribution in [0.3, 0.4) is 0 Å². The molecule has 0 radical (unpaired) electrons. The Hall–Kier alpha value is -2.72. The first-order valence-corrected chi connectivity index (χ1v) is 8.27. The van der Waals surface area contributed by atoms with Gasteiger partial charge >= 0.3 is 0 Å². The summed E-state index contributed by atoms with van der Waals surface area (Å²) in [6.45, 7) is 3.86. The van der Waals surface area contributed by atoms with Crippen molar-refractivity contribution < 1.29 is 4.79 Å². The van der Waals surface area contributed by atoms with E-state index >= 15 is 0 Å². The molecule has 5 heteroatoms. The van der Waals surface area contributed by atoms with E-state index < -0.39 is 0 Å². The molecule has 126 valence electrons. The smallest absolute Gasteiger partial charge is 0.276 e. The Morgan fingerprint density at radius 2 is 1.84 bits per heavy atom. The van der Waals surface area contributed by atoms with Gasteiger partial charge in [-0.3, -0.25) is 9.78 Å². The third kappa shape index (κ3) is 3.54. The van der Waals surface area contributed by atoms with Crippen LogP contribution in [0.15, 0.2) is 54.9 Å². The molecule has 0 aliphatic heterocycles. The van der Waals surface area contributed by atoms with Gasteiger partial charge < -0.3 is 4.90 Å². The molecule has 2 heterocycles. The highest BCUT2D eigenvalue weighted by Gasteiger charge is 2.19. The summed E-state index contributed by atoms with van der Waals surface area (Å²) in [6, 6.07) is 13.3. The van der Waals surface area contributed by atoms with Gasteiger partial charge in [-0.2, -0.15) is 0 Å². The van der Waals surface area contributed by atoms with Crippen molar-refractivity contribution in [3.05, 3.63) is 76.8 Å². The lowest BCUT2D eigenvalue weighted by Gasteiger charge is -2.21. The molecular weight excluding hydrogens is 334 g/mol. The standard InChI is InChI=1S/C20H18ClN3O/c1-13-6-4-5-7-16(13)17-8-9-22-12-19(17)24(3)20(25)18-11-15(21)10-14(2)23-18/h4-12H,1-3H3. The lowest BCUT2D eigenvalue weighted by molar-refractivity contribution is 0.0988. The Balaban J connectivity index is 2.05. The number of hydrogen-bond acceptors (Lipinski definition) is 3. The third-order valence-electron chi connectivity index (χ3n) is 4.04. The number of pyridine rings is 2. The number of aromatic nitrogens is 2. The minimum atomic E-state index is -0.228. The molecule has 3 rings (SSSR count). The largest absolute Gasteiger partial charge is 0.308 e. The molecule has 1 amide bonds. The van der Waals surface area contributed by atoms with Crippen LogP contribution in [0.2, 0.25) is 5.02 Å². The highest BCUT2D eigenvalue weighted by molar-refractivity contribution is 6.31. The maximum Gasteiger partial charge on any atom is 0.276 e.